The summed E-state index contributed by atoms with van der Waals surface area (Å²) in [5.74, 6) is 1.71. The van der Waals surface area contributed by atoms with Gasteiger partial charge in [0.1, 0.15) is 0 Å². The zero-order valence-electron chi connectivity index (χ0n) is 14.4. The van der Waals surface area contributed by atoms with Crippen molar-refractivity contribution in [1.29, 1.82) is 0 Å². The molecule has 0 aliphatic carbocycles. The van der Waals surface area contributed by atoms with Crippen LogP contribution in [0.25, 0.3) is 0 Å². The minimum absolute atomic E-state index is 0.0929. The van der Waals surface area contributed by atoms with Gasteiger partial charge in [0.15, 0.2) is 11.5 Å². The summed E-state index contributed by atoms with van der Waals surface area (Å²) in [6.07, 6.45) is 1.05. The number of hydrogen-bond acceptors (Lipinski definition) is 5. The largest absolute Gasteiger partial charge is 0.493 e. The molecule has 1 amide bonds. The molecule has 1 aromatic carbocycles. The first-order valence-electron chi connectivity index (χ1n) is 7.86. The van der Waals surface area contributed by atoms with Crippen molar-refractivity contribution >= 4 is 5.91 Å². The third-order valence-corrected chi connectivity index (χ3v) is 4.44. The molecule has 6 nitrogen and oxygen atoms in total. The summed E-state index contributed by atoms with van der Waals surface area (Å²) < 4.78 is 15.9. The molecule has 1 aliphatic heterocycles. The number of methoxy groups -OCH3 is 3. The summed E-state index contributed by atoms with van der Waals surface area (Å²) in [5, 5.41) is 6.52. The molecule has 1 aromatic rings. The molecule has 1 saturated heterocycles. The molecule has 23 heavy (non-hydrogen) atoms. The Labute approximate surface area is 137 Å². The van der Waals surface area contributed by atoms with Crippen LogP contribution in [-0.4, -0.2) is 45.9 Å². The van der Waals surface area contributed by atoms with E-state index in [2.05, 4.69) is 24.5 Å². The van der Waals surface area contributed by atoms with Crippen LogP contribution in [0.15, 0.2) is 12.1 Å². The van der Waals surface area contributed by atoms with Crippen molar-refractivity contribution in [2.45, 2.75) is 32.4 Å². The summed E-state index contributed by atoms with van der Waals surface area (Å²) in [4.78, 5) is 12.6. The Morgan fingerprint density at radius 3 is 2.22 bits per heavy atom. The summed E-state index contributed by atoms with van der Waals surface area (Å²) in [7, 11) is 4.61. The van der Waals surface area contributed by atoms with Crippen molar-refractivity contribution in [3.05, 3.63) is 17.7 Å². The lowest BCUT2D eigenvalue weighted by Crippen LogP contribution is -2.55. The molecule has 6 heteroatoms. The van der Waals surface area contributed by atoms with Crippen molar-refractivity contribution in [2.24, 2.45) is 5.92 Å². The number of benzene rings is 1. The highest BCUT2D eigenvalue weighted by Gasteiger charge is 2.29. The Morgan fingerprint density at radius 2 is 1.74 bits per heavy atom. The highest BCUT2D eigenvalue weighted by atomic mass is 16.5. The fourth-order valence-electron chi connectivity index (χ4n) is 3.05. The number of ether oxygens (including phenoxy) is 3. The SMILES string of the molecule is COc1cc(C(=O)NC2C(C)CCNC2C)cc(OC)c1OC. The van der Waals surface area contributed by atoms with Crippen LogP contribution in [0.4, 0.5) is 0 Å². The van der Waals surface area contributed by atoms with Gasteiger partial charge in [0.2, 0.25) is 5.75 Å². The van der Waals surface area contributed by atoms with E-state index in [4.69, 9.17) is 14.2 Å². The zero-order chi connectivity index (χ0) is 17.0. The number of rotatable bonds is 5. The lowest BCUT2D eigenvalue weighted by molar-refractivity contribution is 0.0897. The van der Waals surface area contributed by atoms with E-state index < -0.39 is 0 Å². The molecule has 0 saturated carbocycles. The number of amides is 1. The van der Waals surface area contributed by atoms with E-state index >= 15 is 0 Å². The summed E-state index contributed by atoms with van der Waals surface area (Å²) in [6.45, 7) is 5.24. The van der Waals surface area contributed by atoms with Crippen LogP contribution >= 0.6 is 0 Å². The predicted octanol–water partition coefficient (Wildman–Crippen LogP) is 1.83. The van der Waals surface area contributed by atoms with E-state index in [1.807, 2.05) is 0 Å². The van der Waals surface area contributed by atoms with Crippen LogP contribution in [0.3, 0.4) is 0 Å². The number of piperidine rings is 1. The van der Waals surface area contributed by atoms with E-state index in [1.165, 1.54) is 21.3 Å². The molecular formula is C17H26N2O4. The highest BCUT2D eigenvalue weighted by molar-refractivity contribution is 5.95. The maximum absolute atomic E-state index is 12.6. The quantitative estimate of drug-likeness (QED) is 0.865. The Morgan fingerprint density at radius 1 is 1.13 bits per heavy atom. The Balaban J connectivity index is 2.25. The third-order valence-electron chi connectivity index (χ3n) is 4.44. The average molecular weight is 322 g/mol. The average Bonchev–Trinajstić information content (AvgIpc) is 2.56. The van der Waals surface area contributed by atoms with Crippen LogP contribution in [0, 0.1) is 5.92 Å². The van der Waals surface area contributed by atoms with Crippen LogP contribution in [-0.2, 0) is 0 Å². The van der Waals surface area contributed by atoms with Gasteiger partial charge in [-0.3, -0.25) is 4.79 Å². The van der Waals surface area contributed by atoms with Gasteiger partial charge in [0.05, 0.1) is 21.3 Å². The highest BCUT2D eigenvalue weighted by Crippen LogP contribution is 2.38. The van der Waals surface area contributed by atoms with Crippen molar-refractivity contribution in [1.82, 2.24) is 10.6 Å². The lowest BCUT2D eigenvalue weighted by Gasteiger charge is -2.36. The molecule has 0 spiro atoms. The second-order valence-corrected chi connectivity index (χ2v) is 5.92. The van der Waals surface area contributed by atoms with E-state index in [0.717, 1.165) is 13.0 Å². The van der Waals surface area contributed by atoms with E-state index in [0.29, 0.717) is 28.7 Å². The molecule has 1 aliphatic rings. The fraction of sp³-hybridized carbons (Fsp3) is 0.588. The van der Waals surface area contributed by atoms with Gasteiger partial charge >= 0.3 is 0 Å². The van der Waals surface area contributed by atoms with Gasteiger partial charge in [-0.15, -0.1) is 0 Å². The zero-order valence-corrected chi connectivity index (χ0v) is 14.4. The summed E-state index contributed by atoms with van der Waals surface area (Å²) in [5.41, 5.74) is 0.490. The van der Waals surface area contributed by atoms with Crippen molar-refractivity contribution in [3.8, 4) is 17.2 Å². The number of hydrogen-bond donors (Lipinski definition) is 2. The van der Waals surface area contributed by atoms with Gasteiger partial charge in [0.25, 0.3) is 5.91 Å². The van der Waals surface area contributed by atoms with Crippen molar-refractivity contribution < 1.29 is 19.0 Å². The normalized spacial score (nSPS) is 24.0. The topological polar surface area (TPSA) is 68.8 Å². The smallest absolute Gasteiger partial charge is 0.251 e. The molecule has 0 bridgehead atoms. The van der Waals surface area contributed by atoms with E-state index in [9.17, 15) is 4.79 Å². The molecule has 0 radical (unpaired) electrons. The standard InChI is InChI=1S/C17H26N2O4/c1-10-6-7-18-11(2)15(10)19-17(20)12-8-13(21-3)16(23-5)14(9-12)22-4/h8-11,15,18H,6-7H2,1-5H3,(H,19,20). The predicted molar refractivity (Wildman–Crippen MR) is 88.6 cm³/mol. The second kappa shape index (κ2) is 7.55. The first kappa shape index (κ1) is 17.4. The fourth-order valence-corrected chi connectivity index (χ4v) is 3.05. The molecule has 2 rings (SSSR count). The Hall–Kier alpha value is -1.95. The lowest BCUT2D eigenvalue weighted by atomic mass is 9.89. The molecule has 128 valence electrons. The molecule has 1 fully saturated rings. The molecule has 2 N–H and O–H groups in total. The molecule has 3 unspecified atom stereocenters. The number of carbonyl (C=O) groups excluding carboxylic acids is 1. The minimum Gasteiger partial charge on any atom is -0.493 e. The van der Waals surface area contributed by atoms with Gasteiger partial charge in [0, 0.05) is 17.6 Å². The monoisotopic (exact) mass is 322 g/mol. The summed E-state index contributed by atoms with van der Waals surface area (Å²) in [6, 6.07) is 3.67. The maximum atomic E-state index is 12.6. The molecular weight excluding hydrogens is 296 g/mol. The first-order chi connectivity index (χ1) is 11.0. The van der Waals surface area contributed by atoms with Crippen LogP contribution in [0.2, 0.25) is 0 Å². The second-order valence-electron chi connectivity index (χ2n) is 5.92. The summed E-state index contributed by atoms with van der Waals surface area (Å²) >= 11 is 0. The van der Waals surface area contributed by atoms with Crippen LogP contribution in [0.5, 0.6) is 17.2 Å². The van der Waals surface area contributed by atoms with E-state index in [-0.39, 0.29) is 18.0 Å². The van der Waals surface area contributed by atoms with Crippen molar-refractivity contribution in [3.63, 3.8) is 0 Å². The molecule has 1 heterocycles. The number of nitrogens with one attached hydrogen (secondary N) is 2. The van der Waals surface area contributed by atoms with Gasteiger partial charge in [-0.05, 0) is 37.9 Å². The third kappa shape index (κ3) is 3.69. The maximum Gasteiger partial charge on any atom is 0.251 e. The Kier molecular flexibility index (Phi) is 5.71. The first-order valence-corrected chi connectivity index (χ1v) is 7.86. The number of carbonyl (C=O) groups is 1. The minimum atomic E-state index is -0.142. The Bertz CT molecular complexity index is 527. The van der Waals surface area contributed by atoms with Crippen LogP contribution < -0.4 is 24.8 Å². The molecule has 0 aromatic heterocycles. The van der Waals surface area contributed by atoms with Crippen molar-refractivity contribution in [2.75, 3.05) is 27.9 Å². The van der Waals surface area contributed by atoms with Gasteiger partial charge in [-0.25, -0.2) is 0 Å². The van der Waals surface area contributed by atoms with Crippen LogP contribution in [0.1, 0.15) is 30.6 Å². The van der Waals surface area contributed by atoms with E-state index in [1.54, 1.807) is 12.1 Å². The van der Waals surface area contributed by atoms with Gasteiger partial charge in [-0.2, -0.15) is 0 Å². The van der Waals surface area contributed by atoms with Gasteiger partial charge in [-0.1, -0.05) is 6.92 Å². The van der Waals surface area contributed by atoms with Gasteiger partial charge < -0.3 is 24.8 Å². The molecule has 3 atom stereocenters.